The molecule has 27 heavy (non-hydrogen) atoms. The number of piperidine rings is 1. The minimum atomic E-state index is 0.663. The number of aromatic nitrogens is 2. The van der Waals surface area contributed by atoms with Crippen molar-refractivity contribution in [3.8, 4) is 0 Å². The predicted octanol–water partition coefficient (Wildman–Crippen LogP) is 6.23. The van der Waals surface area contributed by atoms with Gasteiger partial charge in [-0.3, -0.25) is 0 Å². The molecule has 0 radical (unpaired) electrons. The van der Waals surface area contributed by atoms with Gasteiger partial charge in [-0.1, -0.05) is 39.8 Å². The molecule has 0 N–H and O–H groups in total. The molecule has 0 spiro atoms. The van der Waals surface area contributed by atoms with Crippen LogP contribution in [0.3, 0.4) is 0 Å². The Morgan fingerprint density at radius 3 is 2.15 bits per heavy atom. The maximum atomic E-state index is 4.74. The first-order valence-electron chi connectivity index (χ1n) is 11.3. The van der Waals surface area contributed by atoms with Crippen molar-refractivity contribution in [3.05, 3.63) is 30.1 Å². The van der Waals surface area contributed by atoms with Crippen molar-refractivity contribution in [1.82, 2.24) is 9.97 Å². The zero-order valence-electron chi connectivity index (χ0n) is 17.9. The van der Waals surface area contributed by atoms with E-state index in [-0.39, 0.29) is 0 Å². The van der Waals surface area contributed by atoms with Gasteiger partial charge >= 0.3 is 0 Å². The third kappa shape index (κ3) is 5.80. The number of rotatable bonds is 6. The van der Waals surface area contributed by atoms with Gasteiger partial charge in [-0.05, 0) is 80.1 Å². The fourth-order valence-corrected chi connectivity index (χ4v) is 4.75. The fourth-order valence-electron chi connectivity index (χ4n) is 4.75. The number of hydrogen-bond acceptors (Lipinski definition) is 3. The molecule has 2 heterocycles. The molecule has 1 aromatic heterocycles. The molecular weight excluding hydrogens is 330 g/mol. The minimum absolute atomic E-state index is 0.663. The Hall–Kier alpha value is -1.38. The van der Waals surface area contributed by atoms with Crippen molar-refractivity contribution >= 4 is 5.95 Å². The van der Waals surface area contributed by atoms with E-state index in [2.05, 4.69) is 57.1 Å². The highest BCUT2D eigenvalue weighted by Crippen LogP contribution is 2.37. The molecule has 0 amide bonds. The molecule has 3 nitrogen and oxygen atoms in total. The molecule has 2 aliphatic rings. The smallest absolute Gasteiger partial charge is 0.225 e. The monoisotopic (exact) mass is 369 g/mol. The minimum Gasteiger partial charge on any atom is -0.341 e. The summed E-state index contributed by atoms with van der Waals surface area (Å²) in [6.07, 6.45) is 18.1. The topological polar surface area (TPSA) is 29.0 Å². The normalized spacial score (nSPS) is 25.0. The van der Waals surface area contributed by atoms with Crippen LogP contribution in [0, 0.1) is 23.7 Å². The first-order chi connectivity index (χ1) is 13.0. The molecule has 0 unspecified atom stereocenters. The summed E-state index contributed by atoms with van der Waals surface area (Å²) in [6.45, 7) is 11.4. The van der Waals surface area contributed by atoms with Crippen LogP contribution in [0.5, 0.6) is 0 Å². The fraction of sp³-hybridized carbons (Fsp3) is 0.750. The van der Waals surface area contributed by atoms with E-state index in [4.69, 9.17) is 9.97 Å². The lowest BCUT2D eigenvalue weighted by molar-refractivity contribution is 0.309. The van der Waals surface area contributed by atoms with Gasteiger partial charge in [-0.2, -0.15) is 0 Å². The number of anilines is 1. The zero-order chi connectivity index (χ0) is 19.2. The molecule has 3 rings (SSSR count). The van der Waals surface area contributed by atoms with Gasteiger partial charge in [0.05, 0.1) is 0 Å². The van der Waals surface area contributed by atoms with Crippen molar-refractivity contribution in [3.63, 3.8) is 0 Å². The van der Waals surface area contributed by atoms with E-state index >= 15 is 0 Å². The van der Waals surface area contributed by atoms with E-state index in [1.54, 1.807) is 0 Å². The summed E-state index contributed by atoms with van der Waals surface area (Å²) < 4.78 is 0. The Morgan fingerprint density at radius 1 is 0.963 bits per heavy atom. The highest BCUT2D eigenvalue weighted by Gasteiger charge is 2.25. The third-order valence-electron chi connectivity index (χ3n) is 6.73. The Morgan fingerprint density at radius 2 is 1.59 bits per heavy atom. The maximum Gasteiger partial charge on any atom is 0.225 e. The quantitative estimate of drug-likeness (QED) is 0.557. The highest BCUT2D eigenvalue weighted by molar-refractivity contribution is 5.31. The van der Waals surface area contributed by atoms with Crippen molar-refractivity contribution < 1.29 is 0 Å². The molecular formula is C24H39N3. The maximum absolute atomic E-state index is 4.74. The molecule has 0 atom stereocenters. The van der Waals surface area contributed by atoms with Crippen LogP contribution in [-0.2, 0) is 0 Å². The third-order valence-corrected chi connectivity index (χ3v) is 6.73. The Kier molecular flexibility index (Phi) is 7.32. The van der Waals surface area contributed by atoms with Crippen LogP contribution >= 0.6 is 0 Å². The second kappa shape index (κ2) is 9.71. The van der Waals surface area contributed by atoms with Crippen LogP contribution < -0.4 is 4.90 Å². The Balaban J connectivity index is 1.47. The molecule has 0 bridgehead atoms. The summed E-state index contributed by atoms with van der Waals surface area (Å²) in [5.74, 6) is 4.81. The molecule has 3 heteroatoms. The van der Waals surface area contributed by atoms with E-state index in [9.17, 15) is 0 Å². The second-order valence-corrected chi connectivity index (χ2v) is 9.51. The molecule has 2 fully saturated rings. The van der Waals surface area contributed by atoms with Crippen molar-refractivity contribution in [1.29, 1.82) is 0 Å². The van der Waals surface area contributed by atoms with Crippen LogP contribution in [0.1, 0.15) is 84.1 Å². The number of nitrogens with zero attached hydrogens (tertiary/aromatic N) is 3. The Labute approximate surface area is 166 Å². The summed E-state index contributed by atoms with van der Waals surface area (Å²) in [4.78, 5) is 11.9. The van der Waals surface area contributed by atoms with Gasteiger partial charge in [0.25, 0.3) is 0 Å². The Bertz CT molecular complexity index is 574. The van der Waals surface area contributed by atoms with Gasteiger partial charge in [0.15, 0.2) is 0 Å². The van der Waals surface area contributed by atoms with E-state index in [1.165, 1.54) is 50.5 Å². The molecule has 1 saturated heterocycles. The summed E-state index contributed by atoms with van der Waals surface area (Å²) in [5, 5.41) is 0. The summed E-state index contributed by atoms with van der Waals surface area (Å²) >= 11 is 0. The molecule has 1 aromatic rings. The zero-order valence-corrected chi connectivity index (χ0v) is 17.9. The van der Waals surface area contributed by atoms with Crippen LogP contribution in [0.25, 0.3) is 0 Å². The lowest BCUT2D eigenvalue weighted by atomic mass is 9.78. The number of hydrogen-bond donors (Lipinski definition) is 0. The molecule has 1 aliphatic carbocycles. The molecule has 150 valence electrons. The van der Waals surface area contributed by atoms with E-state index < -0.39 is 0 Å². The van der Waals surface area contributed by atoms with E-state index in [0.29, 0.717) is 11.8 Å². The average molecular weight is 370 g/mol. The van der Waals surface area contributed by atoms with Gasteiger partial charge in [0, 0.05) is 25.5 Å². The largest absolute Gasteiger partial charge is 0.341 e. The SMILES string of the molecule is CC(C)/C=C/CC1CCC(c2cnc(N3CCC(C(C)C)CC3)nc2)CC1. The van der Waals surface area contributed by atoms with Crippen LogP contribution in [0.4, 0.5) is 5.95 Å². The second-order valence-electron chi connectivity index (χ2n) is 9.51. The van der Waals surface area contributed by atoms with Gasteiger partial charge in [0.1, 0.15) is 0 Å². The van der Waals surface area contributed by atoms with Gasteiger partial charge in [-0.25, -0.2) is 9.97 Å². The molecule has 1 aliphatic heterocycles. The average Bonchev–Trinajstić information content (AvgIpc) is 2.68. The summed E-state index contributed by atoms with van der Waals surface area (Å²) in [5.41, 5.74) is 1.35. The first-order valence-corrected chi connectivity index (χ1v) is 11.3. The lowest BCUT2D eigenvalue weighted by Gasteiger charge is -2.34. The standard InChI is InChI=1S/C24H39N3/c1-18(2)6-5-7-20-8-10-22(11-9-20)23-16-25-24(26-17-23)27-14-12-21(13-15-27)19(3)4/h5-6,16-22H,7-15H2,1-4H3/b6-5+. The molecule has 1 saturated carbocycles. The summed E-state index contributed by atoms with van der Waals surface area (Å²) in [7, 11) is 0. The van der Waals surface area contributed by atoms with Gasteiger partial charge in [0.2, 0.25) is 5.95 Å². The lowest BCUT2D eigenvalue weighted by Crippen LogP contribution is -2.36. The summed E-state index contributed by atoms with van der Waals surface area (Å²) in [6, 6.07) is 0. The first kappa shape index (κ1) is 20.4. The van der Waals surface area contributed by atoms with Crippen molar-refractivity contribution in [2.45, 2.75) is 78.6 Å². The van der Waals surface area contributed by atoms with Crippen LogP contribution in [0.2, 0.25) is 0 Å². The number of allylic oxidation sites excluding steroid dienone is 2. The van der Waals surface area contributed by atoms with Crippen LogP contribution in [0.15, 0.2) is 24.5 Å². The van der Waals surface area contributed by atoms with E-state index in [1.807, 2.05) is 0 Å². The highest BCUT2D eigenvalue weighted by atomic mass is 15.2. The van der Waals surface area contributed by atoms with Gasteiger partial charge < -0.3 is 4.90 Å². The van der Waals surface area contributed by atoms with Crippen molar-refractivity contribution in [2.75, 3.05) is 18.0 Å². The van der Waals surface area contributed by atoms with Crippen LogP contribution in [-0.4, -0.2) is 23.1 Å². The van der Waals surface area contributed by atoms with Gasteiger partial charge in [-0.15, -0.1) is 0 Å². The molecule has 0 aromatic carbocycles. The van der Waals surface area contributed by atoms with Crippen molar-refractivity contribution in [2.24, 2.45) is 23.7 Å². The van der Waals surface area contributed by atoms with E-state index in [0.717, 1.165) is 36.8 Å². The predicted molar refractivity (Wildman–Crippen MR) is 115 cm³/mol.